The van der Waals surface area contributed by atoms with Crippen molar-refractivity contribution in [3.8, 4) is 0 Å². The van der Waals surface area contributed by atoms with Gasteiger partial charge in [0.1, 0.15) is 6.04 Å². The zero-order chi connectivity index (χ0) is 14.4. The minimum atomic E-state index is -1.48. The zero-order valence-electron chi connectivity index (χ0n) is 10.5. The van der Waals surface area contributed by atoms with Crippen LogP contribution in [0, 0.1) is 0 Å². The van der Waals surface area contributed by atoms with Gasteiger partial charge in [-0.25, -0.2) is 0 Å². The van der Waals surface area contributed by atoms with Crippen LogP contribution >= 0.6 is 0 Å². The van der Waals surface area contributed by atoms with Crippen molar-refractivity contribution >= 4 is 23.3 Å². The third-order valence-electron chi connectivity index (χ3n) is 3.69. The van der Waals surface area contributed by atoms with Gasteiger partial charge in [-0.2, -0.15) is 0 Å². The molecule has 0 saturated carbocycles. The van der Waals surface area contributed by atoms with E-state index in [1.165, 1.54) is 4.90 Å². The van der Waals surface area contributed by atoms with Crippen LogP contribution in [0.15, 0.2) is 18.2 Å². The number of aliphatic hydroxyl groups is 1. The van der Waals surface area contributed by atoms with Crippen LogP contribution in [0.1, 0.15) is 22.3 Å². The molecule has 0 aromatic heterocycles. The minimum Gasteiger partial charge on any atom is -0.398 e. The van der Waals surface area contributed by atoms with E-state index in [1.54, 1.807) is 18.2 Å². The number of benzene rings is 1. The fourth-order valence-electron chi connectivity index (χ4n) is 2.59. The summed E-state index contributed by atoms with van der Waals surface area (Å²) in [5.41, 5.74) is 7.44. The maximum absolute atomic E-state index is 12.3. The number of Topliss-reactive ketones (excluding diaryl/α,β-unsaturated/α-hetero) is 1. The second-order valence-electron chi connectivity index (χ2n) is 4.90. The molecule has 3 rings (SSSR count). The smallest absolute Gasteiger partial charge is 0.255 e. The molecule has 2 aliphatic heterocycles. The summed E-state index contributed by atoms with van der Waals surface area (Å²) in [4.78, 5) is 37.0. The van der Waals surface area contributed by atoms with E-state index in [9.17, 15) is 19.5 Å². The molecule has 0 bridgehead atoms. The molecule has 2 amide bonds. The molecule has 1 saturated heterocycles. The second kappa shape index (κ2) is 4.31. The van der Waals surface area contributed by atoms with E-state index in [0.717, 1.165) is 0 Å². The first-order chi connectivity index (χ1) is 9.49. The molecule has 104 valence electrons. The maximum atomic E-state index is 12.3. The normalized spacial score (nSPS) is 25.6. The number of hydrogen-bond acceptors (Lipinski definition) is 5. The number of nitrogens with zero attached hydrogens (tertiary/aromatic N) is 1. The Hall–Kier alpha value is -2.41. The van der Waals surface area contributed by atoms with Gasteiger partial charge in [0, 0.05) is 29.8 Å². The third-order valence-corrected chi connectivity index (χ3v) is 3.69. The molecule has 0 spiro atoms. The lowest BCUT2D eigenvalue weighted by Gasteiger charge is -2.31. The molecular weight excluding hydrogens is 262 g/mol. The quantitative estimate of drug-likeness (QED) is 0.569. The summed E-state index contributed by atoms with van der Waals surface area (Å²) < 4.78 is 0. The average Bonchev–Trinajstić information content (AvgIpc) is 2.73. The van der Waals surface area contributed by atoms with Crippen molar-refractivity contribution in [1.82, 2.24) is 10.2 Å². The number of carbonyl (C=O) groups excluding carboxylic acids is 3. The minimum absolute atomic E-state index is 0.188. The van der Waals surface area contributed by atoms with Crippen LogP contribution in [0.3, 0.4) is 0 Å². The first kappa shape index (κ1) is 12.6. The topological polar surface area (TPSA) is 113 Å². The summed E-state index contributed by atoms with van der Waals surface area (Å²) >= 11 is 0. The Kier molecular flexibility index (Phi) is 2.72. The van der Waals surface area contributed by atoms with Gasteiger partial charge in [0.2, 0.25) is 5.91 Å². The molecule has 2 atom stereocenters. The molecule has 0 aliphatic carbocycles. The summed E-state index contributed by atoms with van der Waals surface area (Å²) in [6.45, 7) is 0.197. The monoisotopic (exact) mass is 275 g/mol. The lowest BCUT2D eigenvalue weighted by Crippen LogP contribution is -2.58. The second-order valence-corrected chi connectivity index (χ2v) is 4.90. The summed E-state index contributed by atoms with van der Waals surface area (Å²) in [7, 11) is 0. The maximum Gasteiger partial charge on any atom is 0.255 e. The Morgan fingerprint density at radius 3 is 2.75 bits per heavy atom. The van der Waals surface area contributed by atoms with Gasteiger partial charge in [0.05, 0.1) is 0 Å². The highest BCUT2D eigenvalue weighted by Gasteiger charge is 2.42. The number of carbonyl (C=O) groups is 3. The number of amides is 2. The number of nitrogens with two attached hydrogens (primary N) is 1. The van der Waals surface area contributed by atoms with Gasteiger partial charge in [-0.05, 0) is 12.1 Å². The van der Waals surface area contributed by atoms with Gasteiger partial charge in [0.25, 0.3) is 5.91 Å². The number of aliphatic hydroxyl groups excluding tert-OH is 1. The standard InChI is InChI=1S/C13H13N3O4/c14-8-3-1-2-6-7(8)5-16(13(6)20)9-4-10(17)12(19)15-11(9)18/h1-3,9,12,19H,4-5,14H2,(H,15,18). The summed E-state index contributed by atoms with van der Waals surface area (Å²) in [5.74, 6) is -1.36. The van der Waals surface area contributed by atoms with E-state index in [2.05, 4.69) is 5.32 Å². The molecule has 1 aromatic rings. The van der Waals surface area contributed by atoms with Crippen LogP contribution in [-0.4, -0.2) is 39.9 Å². The van der Waals surface area contributed by atoms with Crippen LogP contribution in [0.25, 0.3) is 0 Å². The van der Waals surface area contributed by atoms with Crippen LogP contribution in [0.2, 0.25) is 0 Å². The Labute approximate surface area is 114 Å². The van der Waals surface area contributed by atoms with E-state index in [4.69, 9.17) is 5.73 Å². The summed E-state index contributed by atoms with van der Waals surface area (Å²) in [6.07, 6.45) is -1.67. The largest absolute Gasteiger partial charge is 0.398 e. The number of nitrogen functional groups attached to an aromatic ring is 1. The highest BCUT2D eigenvalue weighted by atomic mass is 16.3. The van der Waals surface area contributed by atoms with Gasteiger partial charge >= 0.3 is 0 Å². The molecule has 1 aromatic carbocycles. The highest BCUT2D eigenvalue weighted by molar-refractivity contribution is 6.05. The van der Waals surface area contributed by atoms with Crippen LogP contribution in [0.5, 0.6) is 0 Å². The van der Waals surface area contributed by atoms with Crippen molar-refractivity contribution in [2.24, 2.45) is 0 Å². The summed E-state index contributed by atoms with van der Waals surface area (Å²) in [6, 6.07) is 4.10. The fourth-order valence-corrected chi connectivity index (χ4v) is 2.59. The van der Waals surface area contributed by atoms with Gasteiger partial charge < -0.3 is 21.1 Å². The molecule has 2 unspecified atom stereocenters. The van der Waals surface area contributed by atoms with E-state index in [-0.39, 0.29) is 18.9 Å². The molecule has 2 aliphatic rings. The number of ketones is 1. The van der Waals surface area contributed by atoms with Crippen LogP contribution in [0.4, 0.5) is 5.69 Å². The third kappa shape index (κ3) is 1.75. The average molecular weight is 275 g/mol. The first-order valence-corrected chi connectivity index (χ1v) is 6.18. The molecule has 2 heterocycles. The Balaban J connectivity index is 1.91. The fraction of sp³-hybridized carbons (Fsp3) is 0.308. The van der Waals surface area contributed by atoms with Gasteiger partial charge in [0.15, 0.2) is 12.0 Å². The van der Waals surface area contributed by atoms with Crippen molar-refractivity contribution in [3.63, 3.8) is 0 Å². The zero-order valence-corrected chi connectivity index (χ0v) is 10.5. The Morgan fingerprint density at radius 1 is 1.30 bits per heavy atom. The molecule has 1 fully saturated rings. The Bertz CT molecular complexity index is 628. The van der Waals surface area contributed by atoms with Crippen molar-refractivity contribution in [3.05, 3.63) is 29.3 Å². The van der Waals surface area contributed by atoms with E-state index in [0.29, 0.717) is 16.8 Å². The SMILES string of the molecule is Nc1cccc2c1CN(C1CC(=O)C(O)NC1=O)C2=O. The van der Waals surface area contributed by atoms with Gasteiger partial charge in [-0.3, -0.25) is 14.4 Å². The number of fused-ring (bicyclic) bond motifs is 1. The molecule has 7 heteroatoms. The molecule has 4 N–H and O–H groups in total. The van der Waals surface area contributed by atoms with Crippen molar-refractivity contribution in [2.45, 2.75) is 25.2 Å². The van der Waals surface area contributed by atoms with E-state index >= 15 is 0 Å². The molecule has 0 radical (unpaired) electrons. The van der Waals surface area contributed by atoms with Crippen LogP contribution in [-0.2, 0) is 16.1 Å². The lowest BCUT2D eigenvalue weighted by molar-refractivity contribution is -0.145. The van der Waals surface area contributed by atoms with Gasteiger partial charge in [-0.1, -0.05) is 6.07 Å². The molecule has 20 heavy (non-hydrogen) atoms. The first-order valence-electron chi connectivity index (χ1n) is 6.18. The van der Waals surface area contributed by atoms with Gasteiger partial charge in [-0.15, -0.1) is 0 Å². The van der Waals surface area contributed by atoms with E-state index < -0.39 is 24.0 Å². The van der Waals surface area contributed by atoms with Crippen LogP contribution < -0.4 is 11.1 Å². The predicted octanol–water partition coefficient (Wildman–Crippen LogP) is -0.999. The highest BCUT2D eigenvalue weighted by Crippen LogP contribution is 2.30. The molecule has 7 nitrogen and oxygen atoms in total. The van der Waals surface area contributed by atoms with Crippen molar-refractivity contribution in [1.29, 1.82) is 0 Å². The van der Waals surface area contributed by atoms with Crippen molar-refractivity contribution in [2.75, 3.05) is 5.73 Å². The number of anilines is 1. The Morgan fingerprint density at radius 2 is 2.05 bits per heavy atom. The predicted molar refractivity (Wildman–Crippen MR) is 68.3 cm³/mol. The number of piperidine rings is 1. The number of hydrogen-bond donors (Lipinski definition) is 3. The van der Waals surface area contributed by atoms with E-state index in [1.807, 2.05) is 0 Å². The molecular formula is C13H13N3O4. The lowest BCUT2D eigenvalue weighted by atomic mass is 10.0. The summed E-state index contributed by atoms with van der Waals surface area (Å²) in [5, 5.41) is 11.4. The number of rotatable bonds is 1. The number of nitrogens with one attached hydrogen (secondary N) is 1. The van der Waals surface area contributed by atoms with Crippen molar-refractivity contribution < 1.29 is 19.5 Å².